The Morgan fingerprint density at radius 1 is 1.45 bits per heavy atom. The van der Waals surface area contributed by atoms with E-state index in [-0.39, 0.29) is 18.6 Å². The fourth-order valence-corrected chi connectivity index (χ4v) is 2.17. The zero-order valence-electron chi connectivity index (χ0n) is 12.0. The molecule has 2 unspecified atom stereocenters. The number of amides is 2. The van der Waals surface area contributed by atoms with Crippen LogP contribution in [-0.4, -0.2) is 58.3 Å². The molecule has 2 aliphatic rings. The molecule has 20 heavy (non-hydrogen) atoms. The smallest absolute Gasteiger partial charge is 0.408 e. The number of rotatable bonds is 3. The van der Waals surface area contributed by atoms with Gasteiger partial charge in [-0.25, -0.2) is 9.63 Å². The summed E-state index contributed by atoms with van der Waals surface area (Å²) in [4.78, 5) is 30.0. The van der Waals surface area contributed by atoms with Gasteiger partial charge in [-0.05, 0) is 33.6 Å². The number of hydroxylamine groups is 2. The number of hydrogen-bond acceptors (Lipinski definition) is 6. The number of nitrogens with zero attached hydrogens (tertiary/aromatic N) is 2. The molecule has 2 aliphatic heterocycles. The zero-order chi connectivity index (χ0) is 14.9. The molecule has 0 radical (unpaired) electrons. The second-order valence-electron chi connectivity index (χ2n) is 5.86. The van der Waals surface area contributed by atoms with Gasteiger partial charge in [0.15, 0.2) is 0 Å². The highest BCUT2D eigenvalue weighted by atomic mass is 16.9. The van der Waals surface area contributed by atoms with Crippen molar-refractivity contribution < 1.29 is 24.3 Å². The first-order chi connectivity index (χ1) is 9.28. The molecule has 0 aromatic carbocycles. The highest BCUT2D eigenvalue weighted by Crippen LogP contribution is 2.30. The third-order valence-corrected chi connectivity index (χ3v) is 3.01. The predicted molar refractivity (Wildman–Crippen MR) is 67.9 cm³/mol. The van der Waals surface area contributed by atoms with Gasteiger partial charge in [0.25, 0.3) is 6.41 Å². The molecule has 2 amide bonds. The van der Waals surface area contributed by atoms with Gasteiger partial charge in [-0.3, -0.25) is 4.79 Å². The molecule has 114 valence electrons. The Kier molecular flexibility index (Phi) is 4.17. The molecule has 0 aliphatic carbocycles. The number of hydrogen-bond donors (Lipinski definition) is 2. The highest BCUT2D eigenvalue weighted by Gasteiger charge is 2.46. The van der Waals surface area contributed by atoms with E-state index in [9.17, 15) is 14.7 Å². The van der Waals surface area contributed by atoms with Crippen LogP contribution in [0, 0.1) is 0 Å². The maximum atomic E-state index is 12.1. The fraction of sp³-hybridized carbons (Fsp3) is 0.833. The van der Waals surface area contributed by atoms with Gasteiger partial charge in [0, 0.05) is 6.54 Å². The Hall–Kier alpha value is -1.38. The second-order valence-corrected chi connectivity index (χ2v) is 5.86. The van der Waals surface area contributed by atoms with Crippen LogP contribution in [0.2, 0.25) is 0 Å². The van der Waals surface area contributed by atoms with E-state index >= 15 is 0 Å². The number of aliphatic hydroxyl groups is 1. The summed E-state index contributed by atoms with van der Waals surface area (Å²) >= 11 is 0. The van der Waals surface area contributed by atoms with Crippen molar-refractivity contribution >= 4 is 12.0 Å². The Balaban J connectivity index is 1.78. The zero-order valence-corrected chi connectivity index (χ0v) is 12.0. The van der Waals surface area contributed by atoms with Crippen molar-refractivity contribution in [3.05, 3.63) is 0 Å². The van der Waals surface area contributed by atoms with Crippen molar-refractivity contribution in [2.75, 3.05) is 13.1 Å². The molecule has 3 atom stereocenters. The number of ether oxygens (including phenoxy) is 1. The molecular formula is C12H21N3O5. The third-order valence-electron chi connectivity index (χ3n) is 3.01. The molecule has 8 nitrogen and oxygen atoms in total. The van der Waals surface area contributed by atoms with Crippen LogP contribution < -0.4 is 5.32 Å². The summed E-state index contributed by atoms with van der Waals surface area (Å²) in [6, 6.07) is 0. The lowest BCUT2D eigenvalue weighted by Gasteiger charge is -2.24. The van der Waals surface area contributed by atoms with Crippen LogP contribution in [0.5, 0.6) is 0 Å². The van der Waals surface area contributed by atoms with Crippen molar-refractivity contribution in [3.8, 4) is 0 Å². The van der Waals surface area contributed by atoms with Crippen LogP contribution in [0.15, 0.2) is 0 Å². The average Bonchev–Trinajstić information content (AvgIpc) is 2.87. The number of alkyl carbamates (subject to hydrolysis) is 1. The summed E-state index contributed by atoms with van der Waals surface area (Å²) in [6.07, 6.45) is -0.209. The minimum Gasteiger partial charge on any atom is -0.444 e. The lowest BCUT2D eigenvalue weighted by Crippen LogP contribution is -2.46. The van der Waals surface area contributed by atoms with Crippen LogP contribution in [0.25, 0.3) is 0 Å². The fourth-order valence-electron chi connectivity index (χ4n) is 2.17. The van der Waals surface area contributed by atoms with Gasteiger partial charge in [0.2, 0.25) is 5.91 Å². The van der Waals surface area contributed by atoms with Gasteiger partial charge in [-0.2, -0.15) is 0 Å². The lowest BCUT2D eigenvalue weighted by atomic mass is 10.2. The van der Waals surface area contributed by atoms with E-state index in [1.54, 1.807) is 25.7 Å². The van der Waals surface area contributed by atoms with E-state index < -0.39 is 18.1 Å². The standard InChI is InChI=1S/C12H21N3O5/c1-12(2,3)19-10(17)13-7-9(16)14-6-4-5-8(14)15-11(18)20-15/h8,11,18H,4-7H2,1-3H3,(H,13,17)/t8-,11?,15?/m1/s1. The minimum absolute atomic E-state index is 0.130. The Morgan fingerprint density at radius 2 is 2.10 bits per heavy atom. The van der Waals surface area contributed by atoms with Gasteiger partial charge in [-0.15, -0.1) is 5.06 Å². The molecule has 2 heterocycles. The summed E-state index contributed by atoms with van der Waals surface area (Å²) in [7, 11) is 0. The van der Waals surface area contributed by atoms with E-state index in [1.807, 2.05) is 0 Å². The van der Waals surface area contributed by atoms with Crippen LogP contribution in [-0.2, 0) is 14.4 Å². The molecule has 0 spiro atoms. The second kappa shape index (κ2) is 5.55. The quantitative estimate of drug-likeness (QED) is 0.709. The van der Waals surface area contributed by atoms with E-state index in [4.69, 9.17) is 9.57 Å². The molecule has 0 bridgehead atoms. The van der Waals surface area contributed by atoms with Gasteiger partial charge in [0.05, 0.1) is 0 Å². The molecular weight excluding hydrogens is 266 g/mol. The van der Waals surface area contributed by atoms with Crippen molar-refractivity contribution in [2.45, 2.75) is 51.8 Å². The molecule has 2 N–H and O–H groups in total. The van der Waals surface area contributed by atoms with E-state index in [0.29, 0.717) is 6.54 Å². The number of carbonyl (C=O) groups is 2. The first kappa shape index (κ1) is 15.0. The van der Waals surface area contributed by atoms with Gasteiger partial charge in [0.1, 0.15) is 18.3 Å². The highest BCUT2D eigenvalue weighted by molar-refractivity contribution is 5.82. The topological polar surface area (TPSA) is 94.4 Å². The van der Waals surface area contributed by atoms with E-state index in [1.165, 1.54) is 5.06 Å². The van der Waals surface area contributed by atoms with Crippen molar-refractivity contribution in [1.29, 1.82) is 0 Å². The Morgan fingerprint density at radius 3 is 2.65 bits per heavy atom. The minimum atomic E-state index is -0.924. The van der Waals surface area contributed by atoms with Crippen molar-refractivity contribution in [3.63, 3.8) is 0 Å². The summed E-state index contributed by atoms with van der Waals surface area (Å²) in [6.45, 7) is 5.72. The largest absolute Gasteiger partial charge is 0.444 e. The summed E-state index contributed by atoms with van der Waals surface area (Å²) in [5.41, 5.74) is -0.596. The molecule has 8 heteroatoms. The van der Waals surface area contributed by atoms with E-state index in [0.717, 1.165) is 12.8 Å². The normalized spacial score (nSPS) is 29.2. The van der Waals surface area contributed by atoms with Crippen LogP contribution in [0.1, 0.15) is 33.6 Å². The first-order valence-corrected chi connectivity index (χ1v) is 6.67. The molecule has 2 saturated heterocycles. The molecule has 2 rings (SSSR count). The van der Waals surface area contributed by atoms with Crippen molar-refractivity contribution in [2.24, 2.45) is 0 Å². The maximum absolute atomic E-state index is 12.1. The average molecular weight is 287 g/mol. The van der Waals surface area contributed by atoms with Gasteiger partial charge < -0.3 is 20.1 Å². The molecule has 0 aromatic rings. The maximum Gasteiger partial charge on any atom is 0.408 e. The summed E-state index contributed by atoms with van der Waals surface area (Å²) < 4.78 is 5.06. The molecule has 0 aromatic heterocycles. The number of nitrogens with one attached hydrogen (secondary N) is 1. The SMILES string of the molecule is CC(C)(C)OC(=O)NCC(=O)N1CCC[C@H]1N1OC1O. The van der Waals surface area contributed by atoms with Crippen LogP contribution in [0.3, 0.4) is 0 Å². The third kappa shape index (κ3) is 3.81. The Bertz CT molecular complexity index is 395. The first-order valence-electron chi connectivity index (χ1n) is 6.67. The van der Waals surface area contributed by atoms with Crippen LogP contribution in [0.4, 0.5) is 4.79 Å². The van der Waals surface area contributed by atoms with Crippen molar-refractivity contribution in [1.82, 2.24) is 15.3 Å². The van der Waals surface area contributed by atoms with Gasteiger partial charge >= 0.3 is 6.09 Å². The molecule has 0 saturated carbocycles. The van der Waals surface area contributed by atoms with Gasteiger partial charge in [-0.1, -0.05) is 0 Å². The Labute approximate surface area is 117 Å². The lowest BCUT2D eigenvalue weighted by molar-refractivity contribution is -0.134. The summed E-state index contributed by atoms with van der Waals surface area (Å²) in [5, 5.41) is 13.0. The number of aliphatic hydroxyl groups excluding tert-OH is 1. The number of likely N-dealkylation sites (tertiary alicyclic amines) is 1. The van der Waals surface area contributed by atoms with Crippen LogP contribution >= 0.6 is 0 Å². The molecule has 2 fully saturated rings. The monoisotopic (exact) mass is 287 g/mol. The number of carbonyl (C=O) groups excluding carboxylic acids is 2. The summed E-state index contributed by atoms with van der Waals surface area (Å²) in [5.74, 6) is -0.221. The predicted octanol–water partition coefficient (Wildman–Crippen LogP) is -0.0173. The van der Waals surface area contributed by atoms with E-state index in [2.05, 4.69) is 5.32 Å².